The molecule has 1 N–H and O–H groups in total. The molecule has 16 heavy (non-hydrogen) atoms. The third-order valence-electron chi connectivity index (χ3n) is 3.20. The first-order chi connectivity index (χ1) is 7.63. The molecule has 0 aliphatic heterocycles. The number of hydrogen-bond acceptors (Lipinski definition) is 2. The highest BCUT2D eigenvalue weighted by atomic mass is 16.3. The Kier molecular flexibility index (Phi) is 5.47. The molecule has 0 bridgehead atoms. The van der Waals surface area contributed by atoms with Crippen molar-refractivity contribution in [2.45, 2.75) is 52.1 Å². The van der Waals surface area contributed by atoms with Gasteiger partial charge < -0.3 is 5.11 Å². The van der Waals surface area contributed by atoms with Gasteiger partial charge >= 0.3 is 0 Å². The average Bonchev–Trinajstić information content (AvgIpc) is 2.28. The summed E-state index contributed by atoms with van der Waals surface area (Å²) < 4.78 is 0. The molecule has 2 nitrogen and oxygen atoms in total. The molecule has 2 heteroatoms. The van der Waals surface area contributed by atoms with E-state index in [1.165, 1.54) is 5.57 Å². The van der Waals surface area contributed by atoms with Gasteiger partial charge in [0.05, 0.1) is 6.10 Å². The van der Waals surface area contributed by atoms with Gasteiger partial charge in [0.2, 0.25) is 0 Å². The van der Waals surface area contributed by atoms with Crippen molar-refractivity contribution in [1.29, 1.82) is 0 Å². The number of rotatable bonds is 5. The third-order valence-corrected chi connectivity index (χ3v) is 3.20. The fourth-order valence-electron chi connectivity index (χ4n) is 2.11. The van der Waals surface area contributed by atoms with Crippen LogP contribution in [0.3, 0.4) is 0 Å². The van der Waals surface area contributed by atoms with E-state index in [0.717, 1.165) is 44.0 Å². The molecule has 1 aliphatic rings. The van der Waals surface area contributed by atoms with E-state index in [4.69, 9.17) is 0 Å². The van der Waals surface area contributed by atoms with Crippen molar-refractivity contribution in [1.82, 2.24) is 0 Å². The molecular formula is C14H22O2. The van der Waals surface area contributed by atoms with Crippen LogP contribution in [0.2, 0.25) is 0 Å². The van der Waals surface area contributed by atoms with Crippen LogP contribution in [-0.4, -0.2) is 17.5 Å². The summed E-state index contributed by atoms with van der Waals surface area (Å²) in [6.07, 6.45) is 9.26. The molecule has 1 aliphatic carbocycles. The van der Waals surface area contributed by atoms with Gasteiger partial charge in [-0.3, -0.25) is 4.79 Å². The predicted molar refractivity (Wildman–Crippen MR) is 66.2 cm³/mol. The predicted octanol–water partition coefficient (Wildman–Crippen LogP) is 3.02. The second kappa shape index (κ2) is 6.64. The first-order valence-corrected chi connectivity index (χ1v) is 6.09. The van der Waals surface area contributed by atoms with Gasteiger partial charge in [-0.1, -0.05) is 17.7 Å². The van der Waals surface area contributed by atoms with Crippen LogP contribution < -0.4 is 0 Å². The number of aliphatic hydroxyl groups excluding tert-OH is 1. The second-order valence-electron chi connectivity index (χ2n) is 4.86. The number of carbonyl (C=O) groups is 1. The number of carbonyl (C=O) groups excluding carboxylic acids is 1. The minimum Gasteiger partial charge on any atom is -0.393 e. The lowest BCUT2D eigenvalue weighted by atomic mass is 9.84. The van der Waals surface area contributed by atoms with Gasteiger partial charge in [0.15, 0.2) is 0 Å². The van der Waals surface area contributed by atoms with Crippen molar-refractivity contribution >= 4 is 6.29 Å². The van der Waals surface area contributed by atoms with Crippen LogP contribution in [0, 0.1) is 5.92 Å². The summed E-state index contributed by atoms with van der Waals surface area (Å²) in [5.74, 6) is 0.342. The molecule has 1 unspecified atom stereocenters. The zero-order valence-corrected chi connectivity index (χ0v) is 10.3. The summed E-state index contributed by atoms with van der Waals surface area (Å²) in [6, 6.07) is 0. The van der Waals surface area contributed by atoms with Crippen LogP contribution in [0.25, 0.3) is 0 Å². The third kappa shape index (κ3) is 4.31. The van der Waals surface area contributed by atoms with E-state index in [-0.39, 0.29) is 6.10 Å². The van der Waals surface area contributed by atoms with Crippen molar-refractivity contribution in [2.75, 3.05) is 0 Å². The Balaban J connectivity index is 2.33. The smallest absolute Gasteiger partial charge is 0.145 e. The van der Waals surface area contributed by atoms with Gasteiger partial charge in [0, 0.05) is 0 Å². The minimum absolute atomic E-state index is 0.222. The van der Waals surface area contributed by atoms with Gasteiger partial charge in [-0.15, -0.1) is 0 Å². The van der Waals surface area contributed by atoms with Gasteiger partial charge in [-0.25, -0.2) is 0 Å². The highest BCUT2D eigenvalue weighted by Crippen LogP contribution is 2.27. The Bertz CT molecular complexity index is 285. The standard InChI is InChI=1S/C14H22O2/c1-11(2)4-3-5-14(16)13-8-6-12(10-15)7-9-13/h4,6,10,13-14,16H,3,5,7-9H2,1-2H3/t13?,14-/m1/s1. The average molecular weight is 222 g/mol. The highest BCUT2D eigenvalue weighted by Gasteiger charge is 2.21. The Morgan fingerprint density at radius 3 is 2.88 bits per heavy atom. The summed E-state index contributed by atoms with van der Waals surface area (Å²) >= 11 is 0. The molecule has 0 spiro atoms. The van der Waals surface area contributed by atoms with Gasteiger partial charge in [-0.2, -0.15) is 0 Å². The molecule has 2 atom stereocenters. The fraction of sp³-hybridized carbons (Fsp3) is 0.643. The van der Waals surface area contributed by atoms with Crippen LogP contribution in [0.1, 0.15) is 46.0 Å². The van der Waals surface area contributed by atoms with E-state index < -0.39 is 0 Å². The zero-order chi connectivity index (χ0) is 12.0. The second-order valence-corrected chi connectivity index (χ2v) is 4.86. The summed E-state index contributed by atoms with van der Waals surface area (Å²) in [5.41, 5.74) is 2.20. The number of allylic oxidation sites excluding steroid dienone is 4. The van der Waals surface area contributed by atoms with Gasteiger partial charge in [0.25, 0.3) is 0 Å². The number of hydrogen-bond donors (Lipinski definition) is 1. The Labute approximate surface area is 98.1 Å². The number of aldehydes is 1. The van der Waals surface area contributed by atoms with Gasteiger partial charge in [0.1, 0.15) is 6.29 Å². The molecule has 0 saturated carbocycles. The minimum atomic E-state index is -0.222. The van der Waals surface area contributed by atoms with Crippen molar-refractivity contribution in [3.8, 4) is 0 Å². The molecule has 0 radical (unpaired) electrons. The summed E-state index contributed by atoms with van der Waals surface area (Å²) in [6.45, 7) is 4.15. The van der Waals surface area contributed by atoms with Crippen molar-refractivity contribution in [2.24, 2.45) is 5.92 Å². The van der Waals surface area contributed by atoms with Crippen LogP contribution in [0.15, 0.2) is 23.3 Å². The van der Waals surface area contributed by atoms with Crippen LogP contribution in [-0.2, 0) is 4.79 Å². The zero-order valence-electron chi connectivity index (χ0n) is 10.3. The maximum absolute atomic E-state index is 10.5. The summed E-state index contributed by atoms with van der Waals surface area (Å²) in [4.78, 5) is 10.5. The van der Waals surface area contributed by atoms with Crippen molar-refractivity contribution in [3.05, 3.63) is 23.3 Å². The van der Waals surface area contributed by atoms with Crippen molar-refractivity contribution < 1.29 is 9.90 Å². The maximum atomic E-state index is 10.5. The van der Waals surface area contributed by atoms with Crippen molar-refractivity contribution in [3.63, 3.8) is 0 Å². The van der Waals surface area contributed by atoms with E-state index in [9.17, 15) is 9.90 Å². The molecule has 1 rings (SSSR count). The molecular weight excluding hydrogens is 200 g/mol. The molecule has 0 fully saturated rings. The Morgan fingerprint density at radius 1 is 1.62 bits per heavy atom. The maximum Gasteiger partial charge on any atom is 0.145 e. The SMILES string of the molecule is CC(C)=CCC[C@@H](O)C1CC=C(C=O)CC1. The van der Waals surface area contributed by atoms with E-state index in [1.807, 2.05) is 6.08 Å². The number of aliphatic hydroxyl groups is 1. The van der Waals surface area contributed by atoms with E-state index in [1.54, 1.807) is 0 Å². The highest BCUT2D eigenvalue weighted by molar-refractivity contribution is 5.73. The lowest BCUT2D eigenvalue weighted by molar-refractivity contribution is -0.105. The van der Waals surface area contributed by atoms with Crippen LogP contribution in [0.5, 0.6) is 0 Å². The summed E-state index contributed by atoms with van der Waals surface area (Å²) in [7, 11) is 0. The van der Waals surface area contributed by atoms with E-state index >= 15 is 0 Å². The Morgan fingerprint density at radius 2 is 2.38 bits per heavy atom. The first-order valence-electron chi connectivity index (χ1n) is 6.09. The molecule has 0 heterocycles. The van der Waals surface area contributed by atoms with E-state index in [2.05, 4.69) is 19.9 Å². The molecule has 0 aromatic heterocycles. The lowest BCUT2D eigenvalue weighted by Gasteiger charge is -2.24. The molecule has 0 aromatic carbocycles. The summed E-state index contributed by atoms with van der Waals surface area (Å²) in [5, 5.41) is 10.00. The monoisotopic (exact) mass is 222 g/mol. The first kappa shape index (κ1) is 13.2. The van der Waals surface area contributed by atoms with E-state index in [0.29, 0.717) is 5.92 Å². The quantitative estimate of drug-likeness (QED) is 0.573. The van der Waals surface area contributed by atoms with Crippen LogP contribution >= 0.6 is 0 Å². The topological polar surface area (TPSA) is 37.3 Å². The Hall–Kier alpha value is -0.890. The lowest BCUT2D eigenvalue weighted by Crippen LogP contribution is -2.22. The van der Waals surface area contributed by atoms with Crippen LogP contribution in [0.4, 0.5) is 0 Å². The molecule has 90 valence electrons. The fourth-order valence-corrected chi connectivity index (χ4v) is 2.11. The molecule has 0 amide bonds. The normalized spacial score (nSPS) is 22.2. The molecule has 0 saturated heterocycles. The van der Waals surface area contributed by atoms with Gasteiger partial charge in [-0.05, 0) is 57.4 Å². The largest absolute Gasteiger partial charge is 0.393 e. The molecule has 0 aromatic rings.